The zero-order valence-corrected chi connectivity index (χ0v) is 11.5. The molecule has 1 aliphatic heterocycles. The van der Waals surface area contributed by atoms with Crippen LogP contribution in [0.5, 0.6) is 0 Å². The van der Waals surface area contributed by atoms with E-state index in [1.54, 1.807) is 0 Å². The van der Waals surface area contributed by atoms with Crippen LogP contribution in [0.25, 0.3) is 0 Å². The van der Waals surface area contributed by atoms with E-state index in [4.69, 9.17) is 0 Å². The third kappa shape index (κ3) is 3.22. The topological polar surface area (TPSA) is 3.24 Å². The van der Waals surface area contributed by atoms with E-state index in [1.165, 1.54) is 13.0 Å². The van der Waals surface area contributed by atoms with Crippen molar-refractivity contribution in [2.24, 2.45) is 5.41 Å². The van der Waals surface area contributed by atoms with Crippen LogP contribution in [0, 0.1) is 60.1 Å². The summed E-state index contributed by atoms with van der Waals surface area (Å²) in [7, 11) is 0. The first-order chi connectivity index (χ1) is 5.07. The number of hydrogen-bond donors (Lipinski definition) is 0. The molecule has 0 aromatic heterocycles. The van der Waals surface area contributed by atoms with Crippen molar-refractivity contribution < 1.29 is 40.8 Å². The van der Waals surface area contributed by atoms with Gasteiger partial charge in [-0.05, 0) is 26.9 Å². The van der Waals surface area contributed by atoms with E-state index in [1.807, 2.05) is 0 Å². The van der Waals surface area contributed by atoms with Gasteiger partial charge in [-0.25, -0.2) is 6.42 Å². The first-order valence-corrected chi connectivity index (χ1v) is 4.46. The second-order valence-corrected chi connectivity index (χ2v) is 4.06. The molecule has 0 saturated carbocycles. The summed E-state index contributed by atoms with van der Waals surface area (Å²) in [6.07, 6.45) is 2.19. The quantitative estimate of drug-likeness (QED) is 0.706. The summed E-state index contributed by atoms with van der Waals surface area (Å²) in [5.41, 5.74) is 0.254. The maximum Gasteiger partial charge on any atom is 0.00377 e. The summed E-state index contributed by atoms with van der Waals surface area (Å²) in [5.74, 6) is 0. The van der Waals surface area contributed by atoms with Gasteiger partial charge in [-0.2, -0.15) is 5.41 Å². The van der Waals surface area contributed by atoms with Crippen molar-refractivity contribution in [3.63, 3.8) is 0 Å². The molecule has 1 nitrogen and oxygen atoms in total. The Balaban J connectivity index is 0.00000121. The number of likely N-dealkylation sites (tertiary alicyclic amines) is 1. The van der Waals surface area contributed by atoms with Crippen molar-refractivity contribution in [2.75, 3.05) is 13.1 Å². The third-order valence-electron chi connectivity index (χ3n) is 2.73. The Morgan fingerprint density at radius 1 is 1.50 bits per heavy atom. The molecule has 70 valence electrons. The van der Waals surface area contributed by atoms with E-state index >= 15 is 0 Å². The van der Waals surface area contributed by atoms with Crippen LogP contribution in [0.15, 0.2) is 0 Å². The minimum atomic E-state index is 0. The van der Waals surface area contributed by atoms with Gasteiger partial charge < -0.3 is 18.7 Å². The smallest absolute Gasteiger partial charge is 0.00377 e. The molecule has 1 atom stereocenters. The van der Waals surface area contributed by atoms with Crippen LogP contribution in [-0.2, 0) is 0 Å². The first-order valence-electron chi connectivity index (χ1n) is 4.46. The third-order valence-corrected chi connectivity index (χ3v) is 2.73. The number of rotatable bonds is 2. The largest absolute Gasteiger partial charge is 0.345 e. The summed E-state index contributed by atoms with van der Waals surface area (Å²) in [6.45, 7) is 15.0. The first kappa shape index (κ1) is 13.3. The molecule has 2 heteroatoms. The van der Waals surface area contributed by atoms with E-state index in [0.717, 1.165) is 13.0 Å². The van der Waals surface area contributed by atoms with Gasteiger partial charge in [0.25, 0.3) is 0 Å². The molecule has 0 spiro atoms. The Hall–Kier alpha value is 1.31. The van der Waals surface area contributed by atoms with Gasteiger partial charge in [0.05, 0.1) is 0 Å². The summed E-state index contributed by atoms with van der Waals surface area (Å²) < 4.78 is 0. The molecular formula is C10H19NNd-2. The van der Waals surface area contributed by atoms with Gasteiger partial charge >= 0.3 is 0 Å². The van der Waals surface area contributed by atoms with Crippen molar-refractivity contribution >= 4 is 0 Å². The average Bonchev–Trinajstić information content (AvgIpc) is 2.33. The van der Waals surface area contributed by atoms with Gasteiger partial charge in [-0.15, -0.1) is 0 Å². The minimum absolute atomic E-state index is 0. The van der Waals surface area contributed by atoms with Gasteiger partial charge in [0.1, 0.15) is 0 Å². The molecule has 0 N–H and O–H groups in total. The average molecular weight is 298 g/mol. The van der Waals surface area contributed by atoms with E-state index in [-0.39, 0.29) is 46.3 Å². The molecule has 1 fully saturated rings. The van der Waals surface area contributed by atoms with Crippen LogP contribution >= 0.6 is 0 Å². The zero-order valence-electron chi connectivity index (χ0n) is 8.27. The van der Waals surface area contributed by atoms with E-state index in [2.05, 4.69) is 32.6 Å². The SMILES string of the molecule is [CH2-]CC1([CH2-])CCN(C(C)C)C1.[Nd]. The molecule has 12 heavy (non-hydrogen) atoms. The van der Waals surface area contributed by atoms with Gasteiger partial charge in [0.15, 0.2) is 0 Å². The summed E-state index contributed by atoms with van der Waals surface area (Å²) in [4.78, 5) is 2.48. The van der Waals surface area contributed by atoms with Crippen molar-refractivity contribution in [2.45, 2.75) is 32.7 Å². The Morgan fingerprint density at radius 3 is 2.33 bits per heavy atom. The fraction of sp³-hybridized carbons (Fsp3) is 0.800. The predicted molar refractivity (Wildman–Crippen MR) is 49.1 cm³/mol. The fourth-order valence-electron chi connectivity index (χ4n) is 1.61. The van der Waals surface area contributed by atoms with E-state index in [0.29, 0.717) is 6.04 Å². The predicted octanol–water partition coefficient (Wildman–Crippen LogP) is 2.15. The molecule has 0 aliphatic carbocycles. The van der Waals surface area contributed by atoms with Crippen LogP contribution < -0.4 is 0 Å². The van der Waals surface area contributed by atoms with Crippen LogP contribution in [0.2, 0.25) is 0 Å². The zero-order chi connectivity index (χ0) is 8.48. The van der Waals surface area contributed by atoms with Gasteiger partial charge in [0, 0.05) is 46.9 Å². The Morgan fingerprint density at radius 2 is 2.08 bits per heavy atom. The molecule has 0 amide bonds. The second-order valence-electron chi connectivity index (χ2n) is 4.06. The monoisotopic (exact) mass is 295 g/mol. The Kier molecular flexibility index (Phi) is 5.83. The van der Waals surface area contributed by atoms with Crippen molar-refractivity contribution in [3.05, 3.63) is 13.8 Å². The summed E-state index contributed by atoms with van der Waals surface area (Å²) in [6, 6.07) is 0.671. The fourth-order valence-corrected chi connectivity index (χ4v) is 1.61. The maximum atomic E-state index is 4.22. The Labute approximate surface area is 110 Å². The normalized spacial score (nSPS) is 30.8. The van der Waals surface area contributed by atoms with Gasteiger partial charge in [-0.1, -0.05) is 6.42 Å². The Bertz CT molecular complexity index is 136. The summed E-state index contributed by atoms with van der Waals surface area (Å²) >= 11 is 0. The molecule has 1 unspecified atom stereocenters. The maximum absolute atomic E-state index is 4.22. The molecule has 0 aromatic rings. The van der Waals surface area contributed by atoms with Crippen LogP contribution in [0.4, 0.5) is 0 Å². The molecule has 1 rings (SSSR count). The number of hydrogen-bond acceptors (Lipinski definition) is 1. The molecule has 1 aliphatic rings. The van der Waals surface area contributed by atoms with Crippen LogP contribution in [0.3, 0.4) is 0 Å². The van der Waals surface area contributed by atoms with Crippen LogP contribution in [-0.4, -0.2) is 24.0 Å². The van der Waals surface area contributed by atoms with Crippen LogP contribution in [0.1, 0.15) is 26.7 Å². The molecule has 1 heterocycles. The van der Waals surface area contributed by atoms with E-state index < -0.39 is 0 Å². The molecule has 0 bridgehead atoms. The molecule has 0 aromatic carbocycles. The molecule has 1 saturated heterocycles. The van der Waals surface area contributed by atoms with E-state index in [9.17, 15) is 0 Å². The van der Waals surface area contributed by atoms with Crippen molar-refractivity contribution in [3.8, 4) is 0 Å². The summed E-state index contributed by atoms with van der Waals surface area (Å²) in [5, 5.41) is 0. The molecular weight excluding hydrogens is 278 g/mol. The minimum Gasteiger partial charge on any atom is -0.345 e. The second kappa shape index (κ2) is 5.26. The van der Waals surface area contributed by atoms with Gasteiger partial charge in [-0.3, -0.25) is 0 Å². The standard InChI is InChI=1S/C10H19N.Nd/c1-5-10(4)6-7-11(8-10)9(2)3;/h9H,1,4-8H2,2-3H3;/q-2;. The number of nitrogens with zero attached hydrogens (tertiary/aromatic N) is 1. The molecule has 0 radical (unpaired) electrons. The van der Waals surface area contributed by atoms with Gasteiger partial charge in [0.2, 0.25) is 0 Å². The van der Waals surface area contributed by atoms with Crippen molar-refractivity contribution in [1.82, 2.24) is 4.90 Å². The van der Waals surface area contributed by atoms with Crippen molar-refractivity contribution in [1.29, 1.82) is 0 Å².